The molecule has 0 saturated carbocycles. The summed E-state index contributed by atoms with van der Waals surface area (Å²) < 4.78 is 11.2. The van der Waals surface area contributed by atoms with E-state index in [1.807, 2.05) is 31.2 Å². The first-order valence-electron chi connectivity index (χ1n) is 12.6. The SMILES string of the molecule is COc1ccc([C@@H]2C(=C(O)c3ccc(OCc4ccccc4C)cc3)C(=O)C(=O)N2Cc2ccncc2)cc1. The average Bonchev–Trinajstić information content (AvgIpc) is 3.22. The number of aromatic nitrogens is 1. The zero-order valence-electron chi connectivity index (χ0n) is 21.7. The van der Waals surface area contributed by atoms with Crippen molar-refractivity contribution in [3.8, 4) is 11.5 Å². The highest BCUT2D eigenvalue weighted by molar-refractivity contribution is 6.46. The third-order valence-electron chi connectivity index (χ3n) is 6.86. The fraction of sp³-hybridized carbons (Fsp3) is 0.156. The van der Waals surface area contributed by atoms with Crippen molar-refractivity contribution in [1.29, 1.82) is 0 Å². The molecule has 1 aliphatic heterocycles. The van der Waals surface area contributed by atoms with E-state index in [2.05, 4.69) is 4.98 Å². The number of likely N-dealkylation sites (tertiary alicyclic amines) is 1. The van der Waals surface area contributed by atoms with Crippen LogP contribution in [0.4, 0.5) is 0 Å². The van der Waals surface area contributed by atoms with Crippen molar-refractivity contribution in [2.75, 3.05) is 7.11 Å². The lowest BCUT2D eigenvalue weighted by atomic mass is 9.95. The number of rotatable bonds is 8. The highest BCUT2D eigenvalue weighted by Gasteiger charge is 2.46. The Hall–Kier alpha value is -4.91. The zero-order chi connectivity index (χ0) is 27.4. The Morgan fingerprint density at radius 3 is 2.23 bits per heavy atom. The number of ether oxygens (including phenoxy) is 2. The number of carbonyl (C=O) groups excluding carboxylic acids is 2. The Morgan fingerprint density at radius 2 is 1.56 bits per heavy atom. The van der Waals surface area contributed by atoms with E-state index < -0.39 is 17.7 Å². The van der Waals surface area contributed by atoms with Crippen LogP contribution in [0.2, 0.25) is 0 Å². The minimum Gasteiger partial charge on any atom is -0.507 e. The molecule has 7 nitrogen and oxygen atoms in total. The van der Waals surface area contributed by atoms with Gasteiger partial charge in [0.25, 0.3) is 11.7 Å². The van der Waals surface area contributed by atoms with Crippen LogP contribution in [0.3, 0.4) is 0 Å². The van der Waals surface area contributed by atoms with E-state index in [9.17, 15) is 14.7 Å². The molecule has 1 N–H and O–H groups in total. The minimum atomic E-state index is -0.777. The highest BCUT2D eigenvalue weighted by Crippen LogP contribution is 2.40. The number of carbonyl (C=O) groups is 2. The van der Waals surface area contributed by atoms with Gasteiger partial charge < -0.3 is 19.5 Å². The maximum absolute atomic E-state index is 13.3. The predicted molar refractivity (Wildman–Crippen MR) is 147 cm³/mol. The Balaban J connectivity index is 1.48. The number of aryl methyl sites for hydroxylation is 1. The predicted octanol–water partition coefficient (Wildman–Crippen LogP) is 5.60. The van der Waals surface area contributed by atoms with Crippen LogP contribution >= 0.6 is 0 Å². The summed E-state index contributed by atoms with van der Waals surface area (Å²) in [7, 11) is 1.57. The van der Waals surface area contributed by atoms with Gasteiger partial charge in [-0.15, -0.1) is 0 Å². The normalized spacial score (nSPS) is 16.4. The van der Waals surface area contributed by atoms with Gasteiger partial charge in [0.05, 0.1) is 18.7 Å². The number of aliphatic hydroxyl groups excluding tert-OH is 1. The van der Waals surface area contributed by atoms with Crippen LogP contribution in [-0.2, 0) is 22.7 Å². The number of benzene rings is 3. The second-order valence-corrected chi connectivity index (χ2v) is 9.30. The van der Waals surface area contributed by atoms with E-state index in [0.29, 0.717) is 29.2 Å². The van der Waals surface area contributed by atoms with Gasteiger partial charge in [0.15, 0.2) is 0 Å². The van der Waals surface area contributed by atoms with Crippen molar-refractivity contribution < 1.29 is 24.2 Å². The smallest absolute Gasteiger partial charge is 0.295 e. The summed E-state index contributed by atoms with van der Waals surface area (Å²) >= 11 is 0. The van der Waals surface area contributed by atoms with Crippen LogP contribution in [0.25, 0.3) is 5.76 Å². The first-order chi connectivity index (χ1) is 19.0. The van der Waals surface area contributed by atoms with Crippen molar-refractivity contribution in [1.82, 2.24) is 9.88 Å². The number of pyridine rings is 1. The van der Waals surface area contributed by atoms with Crippen LogP contribution in [0, 0.1) is 6.92 Å². The number of hydrogen-bond donors (Lipinski definition) is 1. The van der Waals surface area contributed by atoms with Gasteiger partial charge in [0.2, 0.25) is 0 Å². The molecule has 39 heavy (non-hydrogen) atoms. The Labute approximate surface area is 227 Å². The van der Waals surface area contributed by atoms with Gasteiger partial charge in [0, 0.05) is 24.5 Å². The molecule has 0 spiro atoms. The molecule has 1 atom stereocenters. The average molecular weight is 521 g/mol. The molecule has 4 aromatic rings. The Kier molecular flexibility index (Phi) is 7.41. The lowest BCUT2D eigenvalue weighted by Crippen LogP contribution is -2.29. The molecule has 7 heteroatoms. The van der Waals surface area contributed by atoms with Gasteiger partial charge in [-0.2, -0.15) is 0 Å². The highest BCUT2D eigenvalue weighted by atomic mass is 16.5. The second-order valence-electron chi connectivity index (χ2n) is 9.30. The fourth-order valence-electron chi connectivity index (χ4n) is 4.66. The van der Waals surface area contributed by atoms with Crippen LogP contribution in [0.15, 0.2) is 103 Å². The molecular formula is C32H28N2O5. The Bertz CT molecular complexity index is 1510. The topological polar surface area (TPSA) is 89.0 Å². The summed E-state index contributed by atoms with van der Waals surface area (Å²) in [5.74, 6) is -0.378. The zero-order valence-corrected chi connectivity index (χ0v) is 21.7. The van der Waals surface area contributed by atoms with Crippen molar-refractivity contribution in [3.05, 3.63) is 131 Å². The van der Waals surface area contributed by atoms with Gasteiger partial charge in [-0.25, -0.2) is 0 Å². The molecule has 0 unspecified atom stereocenters. The summed E-state index contributed by atoms with van der Waals surface area (Å²) in [4.78, 5) is 32.1. The van der Waals surface area contributed by atoms with E-state index in [1.54, 1.807) is 80.2 Å². The monoisotopic (exact) mass is 520 g/mol. The number of Topliss-reactive ketones (excluding diaryl/α,β-unsaturated/α-hetero) is 1. The standard InChI is InChI=1S/C32H28N2O5/c1-21-5-3-4-6-25(21)20-39-27-13-9-24(10-14-27)30(35)28-29(23-7-11-26(38-2)12-8-23)34(32(37)31(28)36)19-22-15-17-33-18-16-22/h3-18,29,35H,19-20H2,1-2H3/t29-/m1/s1. The molecule has 1 fully saturated rings. The molecule has 5 rings (SSSR count). The van der Waals surface area contributed by atoms with Gasteiger partial charge in [-0.1, -0.05) is 36.4 Å². The summed E-state index contributed by atoms with van der Waals surface area (Å²) in [6, 6.07) is 24.8. The molecule has 1 amide bonds. The number of nitrogens with zero attached hydrogens (tertiary/aromatic N) is 2. The minimum absolute atomic E-state index is 0.0350. The molecule has 0 bridgehead atoms. The van der Waals surface area contributed by atoms with E-state index in [4.69, 9.17) is 9.47 Å². The summed E-state index contributed by atoms with van der Waals surface area (Å²) in [6.45, 7) is 2.63. The molecule has 196 valence electrons. The Morgan fingerprint density at radius 1 is 0.897 bits per heavy atom. The largest absolute Gasteiger partial charge is 0.507 e. The first-order valence-corrected chi connectivity index (χ1v) is 12.6. The molecule has 1 aliphatic rings. The first kappa shape index (κ1) is 25.7. The van der Waals surface area contributed by atoms with Crippen molar-refractivity contribution >= 4 is 17.4 Å². The molecule has 0 radical (unpaired) electrons. The van der Waals surface area contributed by atoms with E-state index >= 15 is 0 Å². The van der Waals surface area contributed by atoms with E-state index in [-0.39, 0.29) is 17.9 Å². The number of hydrogen-bond acceptors (Lipinski definition) is 6. The maximum Gasteiger partial charge on any atom is 0.295 e. The van der Waals surface area contributed by atoms with Gasteiger partial charge in [0.1, 0.15) is 23.9 Å². The van der Waals surface area contributed by atoms with Crippen molar-refractivity contribution in [3.63, 3.8) is 0 Å². The second kappa shape index (κ2) is 11.2. The third-order valence-corrected chi connectivity index (χ3v) is 6.86. The van der Waals surface area contributed by atoms with Gasteiger partial charge in [-0.05, 0) is 77.7 Å². The third kappa shape index (κ3) is 5.38. The lowest BCUT2D eigenvalue weighted by Gasteiger charge is -2.25. The van der Waals surface area contributed by atoms with E-state index in [1.165, 1.54) is 4.90 Å². The van der Waals surface area contributed by atoms with Crippen LogP contribution in [0.1, 0.15) is 33.9 Å². The molecule has 3 aromatic carbocycles. The maximum atomic E-state index is 13.3. The quantitative estimate of drug-likeness (QED) is 0.185. The number of ketones is 1. The number of amides is 1. The van der Waals surface area contributed by atoms with Crippen LogP contribution < -0.4 is 9.47 Å². The van der Waals surface area contributed by atoms with Crippen molar-refractivity contribution in [2.45, 2.75) is 26.1 Å². The van der Waals surface area contributed by atoms with Gasteiger partial charge >= 0.3 is 0 Å². The molecule has 0 aliphatic carbocycles. The lowest BCUT2D eigenvalue weighted by molar-refractivity contribution is -0.140. The molecule has 2 heterocycles. The van der Waals surface area contributed by atoms with Gasteiger partial charge in [-0.3, -0.25) is 14.6 Å². The summed E-state index contributed by atoms with van der Waals surface area (Å²) in [5, 5.41) is 11.4. The number of methoxy groups -OCH3 is 1. The van der Waals surface area contributed by atoms with E-state index in [0.717, 1.165) is 16.7 Å². The molecular weight excluding hydrogens is 492 g/mol. The fourth-order valence-corrected chi connectivity index (χ4v) is 4.66. The number of aliphatic hydroxyl groups is 1. The molecule has 1 aromatic heterocycles. The van der Waals surface area contributed by atoms with Crippen molar-refractivity contribution in [2.24, 2.45) is 0 Å². The van der Waals surface area contributed by atoms with Crippen LogP contribution in [-0.4, -0.2) is 33.8 Å². The summed E-state index contributed by atoms with van der Waals surface area (Å²) in [5.41, 5.74) is 4.18. The van der Waals surface area contributed by atoms with Crippen LogP contribution in [0.5, 0.6) is 11.5 Å². The molecule has 1 saturated heterocycles. The summed E-state index contributed by atoms with van der Waals surface area (Å²) in [6.07, 6.45) is 3.27.